The molecule has 0 aromatic carbocycles. The fourth-order valence-electron chi connectivity index (χ4n) is 2.46. The lowest BCUT2D eigenvalue weighted by atomic mass is 10.1. The Bertz CT molecular complexity index is 704. The second kappa shape index (κ2) is 9.52. The first-order valence-electron chi connectivity index (χ1n) is 8.44. The van der Waals surface area contributed by atoms with E-state index in [1.807, 2.05) is 6.07 Å². The van der Waals surface area contributed by atoms with Gasteiger partial charge in [-0.3, -0.25) is 9.59 Å². The van der Waals surface area contributed by atoms with Crippen molar-refractivity contribution in [3.05, 3.63) is 35.2 Å². The van der Waals surface area contributed by atoms with Crippen LogP contribution in [0.2, 0.25) is 0 Å². The van der Waals surface area contributed by atoms with E-state index in [9.17, 15) is 9.59 Å². The molecule has 1 amide bonds. The first-order valence-corrected chi connectivity index (χ1v) is 8.44. The van der Waals surface area contributed by atoms with Crippen LogP contribution in [0.3, 0.4) is 0 Å². The third kappa shape index (κ3) is 5.55. The van der Waals surface area contributed by atoms with Gasteiger partial charge in [-0.05, 0) is 24.5 Å². The number of fused-ring (bicyclic) bond motifs is 1. The predicted octanol–water partition coefficient (Wildman–Crippen LogP) is -0.367. The van der Waals surface area contributed by atoms with E-state index in [0.29, 0.717) is 13.0 Å². The molecule has 1 aliphatic heterocycles. The van der Waals surface area contributed by atoms with Crippen molar-refractivity contribution >= 4 is 23.9 Å². The summed E-state index contributed by atoms with van der Waals surface area (Å²) in [7, 11) is 0. The number of aryl methyl sites for hydroxylation is 1. The first-order chi connectivity index (χ1) is 12.5. The van der Waals surface area contributed by atoms with Gasteiger partial charge in [-0.2, -0.15) is 0 Å². The van der Waals surface area contributed by atoms with Crippen molar-refractivity contribution in [2.24, 2.45) is 5.73 Å². The van der Waals surface area contributed by atoms with Crippen molar-refractivity contribution in [2.45, 2.75) is 25.3 Å². The zero-order chi connectivity index (χ0) is 18.9. The minimum Gasteiger partial charge on any atom is -0.480 e. The molecule has 0 radical (unpaired) electrons. The molecule has 2 rings (SSSR count). The number of carboxylic acids is 1. The van der Waals surface area contributed by atoms with Gasteiger partial charge in [0.1, 0.15) is 11.9 Å². The maximum atomic E-state index is 11.9. The van der Waals surface area contributed by atoms with E-state index in [1.165, 1.54) is 11.8 Å². The number of hydrogen-bond acceptors (Lipinski definition) is 7. The molecule has 0 fully saturated rings. The minimum absolute atomic E-state index is 0.0858. The molecule has 7 N–H and O–H groups in total. The van der Waals surface area contributed by atoms with Crippen LogP contribution in [-0.2, 0) is 22.4 Å². The molecule has 1 aliphatic rings. The highest BCUT2D eigenvalue weighted by molar-refractivity contribution is 6.11. The van der Waals surface area contributed by atoms with Gasteiger partial charge < -0.3 is 32.2 Å². The zero-order valence-electron chi connectivity index (χ0n) is 14.4. The number of aromatic nitrogens is 1. The zero-order valence-corrected chi connectivity index (χ0v) is 14.4. The van der Waals surface area contributed by atoms with Gasteiger partial charge in [0.05, 0.1) is 5.57 Å². The van der Waals surface area contributed by atoms with Crippen molar-refractivity contribution < 1.29 is 14.7 Å². The lowest BCUT2D eigenvalue weighted by Crippen LogP contribution is -2.43. The van der Waals surface area contributed by atoms with Crippen LogP contribution in [0.15, 0.2) is 23.9 Å². The Labute approximate surface area is 151 Å². The largest absolute Gasteiger partial charge is 0.480 e. The number of nitrogens with zero attached hydrogens (tertiary/aromatic N) is 1. The van der Waals surface area contributed by atoms with E-state index in [0.717, 1.165) is 37.1 Å². The molecule has 1 atom stereocenters. The monoisotopic (exact) mass is 360 g/mol. The maximum Gasteiger partial charge on any atom is 0.322 e. The smallest absolute Gasteiger partial charge is 0.322 e. The molecule has 9 heteroatoms. The number of pyridine rings is 1. The lowest BCUT2D eigenvalue weighted by Gasteiger charge is -2.17. The average Bonchev–Trinajstić information content (AvgIpc) is 2.65. The van der Waals surface area contributed by atoms with Crippen molar-refractivity contribution in [1.29, 1.82) is 5.41 Å². The molecule has 0 spiro atoms. The Morgan fingerprint density at radius 3 is 3.00 bits per heavy atom. The summed E-state index contributed by atoms with van der Waals surface area (Å²) in [5, 5.41) is 24.6. The second-order valence-electron chi connectivity index (χ2n) is 5.94. The normalized spacial score (nSPS) is 14.6. The van der Waals surface area contributed by atoms with Crippen LogP contribution in [0.4, 0.5) is 5.82 Å². The maximum absolute atomic E-state index is 11.9. The quantitative estimate of drug-likeness (QED) is 0.200. The summed E-state index contributed by atoms with van der Waals surface area (Å²) < 4.78 is 0. The van der Waals surface area contributed by atoms with Crippen molar-refractivity contribution in [3.63, 3.8) is 0 Å². The standard InChI is InChI=1S/C17H24N6O3/c18-8-12(16(24)22-10-14(19)17(25)26)9-20-7-5-13-4-3-11-2-1-6-21-15(11)23-13/h3-4,8-9,14,18,20H,1-2,5-7,10,19H2,(H,21,23)(H,22,24)(H,25,26)/b12-9+,18-8?. The molecule has 26 heavy (non-hydrogen) atoms. The summed E-state index contributed by atoms with van der Waals surface area (Å²) in [5.74, 6) is -0.810. The van der Waals surface area contributed by atoms with Gasteiger partial charge in [-0.25, -0.2) is 4.98 Å². The van der Waals surface area contributed by atoms with E-state index in [4.69, 9.17) is 16.2 Å². The van der Waals surface area contributed by atoms with Crippen LogP contribution in [0.25, 0.3) is 0 Å². The van der Waals surface area contributed by atoms with Crippen LogP contribution in [0, 0.1) is 5.41 Å². The van der Waals surface area contributed by atoms with E-state index in [1.54, 1.807) is 0 Å². The van der Waals surface area contributed by atoms with Gasteiger partial charge in [0.2, 0.25) is 0 Å². The molecule has 140 valence electrons. The summed E-state index contributed by atoms with van der Waals surface area (Å²) in [6.07, 6.45) is 5.15. The van der Waals surface area contributed by atoms with Gasteiger partial charge in [-0.1, -0.05) is 6.07 Å². The Morgan fingerprint density at radius 1 is 1.46 bits per heavy atom. The number of carboxylic acid groups (broad SMARTS) is 1. The SMILES string of the molecule is N=C/C(=C\NCCc1ccc2c(n1)NCCC2)C(=O)NCC(N)C(=O)O. The summed E-state index contributed by atoms with van der Waals surface area (Å²) in [6, 6.07) is 2.90. The Morgan fingerprint density at radius 2 is 2.27 bits per heavy atom. The molecule has 0 bridgehead atoms. The van der Waals surface area contributed by atoms with Crippen LogP contribution in [0.5, 0.6) is 0 Å². The fourth-order valence-corrected chi connectivity index (χ4v) is 2.46. The number of anilines is 1. The molecular formula is C17H24N6O3. The van der Waals surface area contributed by atoms with Gasteiger partial charge in [0.15, 0.2) is 0 Å². The van der Waals surface area contributed by atoms with E-state index < -0.39 is 17.9 Å². The number of hydrogen-bond donors (Lipinski definition) is 6. The number of aliphatic carboxylic acids is 1. The van der Waals surface area contributed by atoms with Crippen LogP contribution in [-0.4, -0.2) is 53.9 Å². The van der Waals surface area contributed by atoms with Gasteiger partial charge in [0, 0.05) is 44.2 Å². The van der Waals surface area contributed by atoms with E-state index in [-0.39, 0.29) is 12.1 Å². The summed E-state index contributed by atoms with van der Waals surface area (Å²) in [4.78, 5) is 27.1. The Hall–Kier alpha value is -2.94. The molecule has 1 aromatic heterocycles. The average molecular weight is 360 g/mol. The van der Waals surface area contributed by atoms with Gasteiger partial charge in [-0.15, -0.1) is 0 Å². The van der Waals surface area contributed by atoms with Crippen molar-refractivity contribution in [3.8, 4) is 0 Å². The molecule has 1 unspecified atom stereocenters. The van der Waals surface area contributed by atoms with Crippen molar-refractivity contribution in [2.75, 3.05) is 25.0 Å². The summed E-state index contributed by atoms with van der Waals surface area (Å²) in [5.41, 5.74) is 7.58. The highest BCUT2D eigenvalue weighted by atomic mass is 16.4. The van der Waals surface area contributed by atoms with Crippen LogP contribution < -0.4 is 21.7 Å². The van der Waals surface area contributed by atoms with E-state index >= 15 is 0 Å². The third-order valence-electron chi connectivity index (χ3n) is 3.95. The minimum atomic E-state index is -1.20. The number of carbonyl (C=O) groups is 2. The van der Waals surface area contributed by atoms with Crippen LogP contribution in [0.1, 0.15) is 17.7 Å². The number of carbonyl (C=O) groups excluding carboxylic acids is 1. The highest BCUT2D eigenvalue weighted by Gasteiger charge is 2.14. The summed E-state index contributed by atoms with van der Waals surface area (Å²) in [6.45, 7) is 1.28. The Balaban J connectivity index is 1.81. The highest BCUT2D eigenvalue weighted by Crippen LogP contribution is 2.19. The number of rotatable bonds is 9. The summed E-state index contributed by atoms with van der Waals surface area (Å²) >= 11 is 0. The predicted molar refractivity (Wildman–Crippen MR) is 98.2 cm³/mol. The third-order valence-corrected chi connectivity index (χ3v) is 3.95. The molecule has 1 aromatic rings. The molecule has 0 saturated carbocycles. The lowest BCUT2D eigenvalue weighted by molar-refractivity contribution is -0.138. The molecule has 2 heterocycles. The second-order valence-corrected chi connectivity index (χ2v) is 5.94. The van der Waals surface area contributed by atoms with Gasteiger partial charge >= 0.3 is 5.97 Å². The van der Waals surface area contributed by atoms with Gasteiger partial charge in [0.25, 0.3) is 5.91 Å². The molecule has 0 aliphatic carbocycles. The van der Waals surface area contributed by atoms with Crippen LogP contribution >= 0.6 is 0 Å². The number of nitrogens with one attached hydrogen (secondary N) is 4. The molecular weight excluding hydrogens is 336 g/mol. The number of nitrogens with two attached hydrogens (primary N) is 1. The van der Waals surface area contributed by atoms with Crippen molar-refractivity contribution in [1.82, 2.24) is 15.6 Å². The van der Waals surface area contributed by atoms with E-state index in [2.05, 4.69) is 27.0 Å². The molecule has 0 saturated heterocycles. The first kappa shape index (κ1) is 19.4. The Kier molecular flexibility index (Phi) is 7.10. The topological polar surface area (TPSA) is 153 Å². The number of amides is 1. The molecule has 9 nitrogen and oxygen atoms in total. The fraction of sp³-hybridized carbons (Fsp3) is 0.412.